The molecule has 0 radical (unpaired) electrons. The van der Waals surface area contributed by atoms with Crippen LogP contribution in [0, 0.1) is 6.92 Å². The van der Waals surface area contributed by atoms with Gasteiger partial charge in [0, 0.05) is 11.3 Å². The number of esters is 1. The van der Waals surface area contributed by atoms with Crippen LogP contribution in [0.25, 0.3) is 0 Å². The zero-order chi connectivity index (χ0) is 18.2. The molecule has 0 fully saturated rings. The Kier molecular flexibility index (Phi) is 6.57. The van der Waals surface area contributed by atoms with Crippen molar-refractivity contribution < 1.29 is 19.1 Å². The number of carbonyl (C=O) groups excluding carboxylic acids is 2. The number of anilines is 1. The Hall–Kier alpha value is -2.82. The molecule has 0 aliphatic heterocycles. The highest BCUT2D eigenvalue weighted by atomic mass is 16.6. The minimum Gasteiger partial charge on any atom is -0.479 e. The van der Waals surface area contributed by atoms with E-state index in [2.05, 4.69) is 5.32 Å². The molecule has 0 heterocycles. The van der Waals surface area contributed by atoms with E-state index in [0.717, 1.165) is 17.7 Å². The first-order valence-corrected chi connectivity index (χ1v) is 8.31. The quantitative estimate of drug-likeness (QED) is 0.774. The molecule has 0 aliphatic rings. The summed E-state index contributed by atoms with van der Waals surface area (Å²) in [5, 5.41) is 2.83. The average molecular weight is 341 g/mol. The zero-order valence-electron chi connectivity index (χ0n) is 14.7. The van der Waals surface area contributed by atoms with Gasteiger partial charge in [0.1, 0.15) is 5.75 Å². The number of aryl methyl sites for hydroxylation is 1. The molecule has 0 spiro atoms. The molecule has 2 rings (SSSR count). The Morgan fingerprint density at radius 3 is 2.28 bits per heavy atom. The summed E-state index contributed by atoms with van der Waals surface area (Å²) in [5.74, 6) is -0.0957. The number of hydrogen-bond acceptors (Lipinski definition) is 4. The highest BCUT2D eigenvalue weighted by Crippen LogP contribution is 2.16. The third-order valence-electron chi connectivity index (χ3n) is 3.52. The molecule has 132 valence electrons. The van der Waals surface area contributed by atoms with E-state index in [4.69, 9.17) is 9.47 Å². The van der Waals surface area contributed by atoms with Crippen molar-refractivity contribution in [1.82, 2.24) is 0 Å². The fourth-order valence-electron chi connectivity index (χ4n) is 2.10. The van der Waals surface area contributed by atoms with Crippen LogP contribution in [0.15, 0.2) is 48.5 Å². The van der Waals surface area contributed by atoms with Crippen molar-refractivity contribution in [3.63, 3.8) is 0 Å². The van der Waals surface area contributed by atoms with E-state index >= 15 is 0 Å². The summed E-state index contributed by atoms with van der Waals surface area (Å²) in [6.07, 6.45) is 0.0715. The van der Waals surface area contributed by atoms with Gasteiger partial charge in [-0.1, -0.05) is 24.6 Å². The molecular weight excluding hydrogens is 318 g/mol. The first kappa shape index (κ1) is 18.5. The van der Waals surface area contributed by atoms with Gasteiger partial charge in [-0.05, 0) is 56.7 Å². The lowest BCUT2D eigenvalue weighted by molar-refractivity contribution is -0.151. The van der Waals surface area contributed by atoms with Crippen molar-refractivity contribution in [3.05, 3.63) is 59.7 Å². The van der Waals surface area contributed by atoms with E-state index in [-0.39, 0.29) is 5.91 Å². The van der Waals surface area contributed by atoms with Crippen LogP contribution in [0.4, 0.5) is 5.69 Å². The van der Waals surface area contributed by atoms with E-state index in [1.54, 1.807) is 31.2 Å². The molecule has 2 aromatic rings. The van der Waals surface area contributed by atoms with Gasteiger partial charge in [0.2, 0.25) is 0 Å². The first-order chi connectivity index (χ1) is 12.0. The zero-order valence-corrected chi connectivity index (χ0v) is 14.7. The van der Waals surface area contributed by atoms with Crippen molar-refractivity contribution in [3.8, 4) is 5.75 Å². The fraction of sp³-hybridized carbons (Fsp3) is 0.300. The highest BCUT2D eigenvalue weighted by molar-refractivity contribution is 6.04. The molecule has 1 atom stereocenters. The maximum Gasteiger partial charge on any atom is 0.347 e. The minimum atomic E-state index is -0.696. The standard InChI is InChI=1S/C20H23NO4/c1-4-13-24-20(23)15(3)25-18-11-7-16(8-12-18)19(22)21-17-9-5-14(2)6-10-17/h5-12,15H,4,13H2,1-3H3,(H,21,22). The Morgan fingerprint density at radius 1 is 1.04 bits per heavy atom. The molecule has 0 saturated heterocycles. The molecule has 2 aromatic carbocycles. The predicted octanol–water partition coefficient (Wildman–Crippen LogP) is 3.97. The first-order valence-electron chi connectivity index (χ1n) is 8.31. The molecule has 0 bridgehead atoms. The normalized spacial score (nSPS) is 11.5. The highest BCUT2D eigenvalue weighted by Gasteiger charge is 2.16. The largest absolute Gasteiger partial charge is 0.479 e. The van der Waals surface area contributed by atoms with Gasteiger partial charge in [0.25, 0.3) is 5.91 Å². The number of amides is 1. The van der Waals surface area contributed by atoms with Crippen LogP contribution >= 0.6 is 0 Å². The summed E-state index contributed by atoms with van der Waals surface area (Å²) in [5.41, 5.74) is 2.38. The summed E-state index contributed by atoms with van der Waals surface area (Å²) in [4.78, 5) is 23.9. The van der Waals surface area contributed by atoms with Gasteiger partial charge in [0.15, 0.2) is 6.10 Å². The topological polar surface area (TPSA) is 64.6 Å². The van der Waals surface area contributed by atoms with E-state index in [9.17, 15) is 9.59 Å². The van der Waals surface area contributed by atoms with Gasteiger partial charge in [-0.3, -0.25) is 4.79 Å². The molecule has 5 nitrogen and oxygen atoms in total. The number of rotatable bonds is 7. The number of nitrogens with one attached hydrogen (secondary N) is 1. The van der Waals surface area contributed by atoms with Crippen molar-refractivity contribution in [2.75, 3.05) is 11.9 Å². The van der Waals surface area contributed by atoms with Crippen LogP contribution in [0.2, 0.25) is 0 Å². The molecule has 1 unspecified atom stereocenters. The molecule has 25 heavy (non-hydrogen) atoms. The van der Waals surface area contributed by atoms with E-state index in [1.807, 2.05) is 38.1 Å². The monoisotopic (exact) mass is 341 g/mol. The lowest BCUT2D eigenvalue weighted by atomic mass is 10.2. The Balaban J connectivity index is 1.93. The van der Waals surface area contributed by atoms with Crippen LogP contribution < -0.4 is 10.1 Å². The molecule has 0 saturated carbocycles. The Morgan fingerprint density at radius 2 is 1.68 bits per heavy atom. The van der Waals surface area contributed by atoms with E-state index in [1.165, 1.54) is 0 Å². The van der Waals surface area contributed by atoms with Crippen molar-refractivity contribution in [2.45, 2.75) is 33.3 Å². The number of benzene rings is 2. The maximum atomic E-state index is 12.2. The lowest BCUT2D eigenvalue weighted by Crippen LogP contribution is -2.26. The van der Waals surface area contributed by atoms with Crippen molar-refractivity contribution >= 4 is 17.6 Å². The van der Waals surface area contributed by atoms with Gasteiger partial charge >= 0.3 is 5.97 Å². The summed E-state index contributed by atoms with van der Waals surface area (Å²) < 4.78 is 10.6. The van der Waals surface area contributed by atoms with Crippen molar-refractivity contribution in [1.29, 1.82) is 0 Å². The lowest BCUT2D eigenvalue weighted by Gasteiger charge is -2.14. The second-order valence-electron chi connectivity index (χ2n) is 5.77. The SMILES string of the molecule is CCCOC(=O)C(C)Oc1ccc(C(=O)Nc2ccc(C)cc2)cc1. The fourth-order valence-corrected chi connectivity index (χ4v) is 2.10. The second kappa shape index (κ2) is 8.87. The molecular formula is C20H23NO4. The predicted molar refractivity (Wildman–Crippen MR) is 96.9 cm³/mol. The number of hydrogen-bond donors (Lipinski definition) is 1. The maximum absolute atomic E-state index is 12.2. The third-order valence-corrected chi connectivity index (χ3v) is 3.52. The smallest absolute Gasteiger partial charge is 0.347 e. The summed E-state index contributed by atoms with van der Waals surface area (Å²) in [7, 11) is 0. The second-order valence-corrected chi connectivity index (χ2v) is 5.77. The van der Waals surface area contributed by atoms with Crippen LogP contribution in [-0.4, -0.2) is 24.6 Å². The van der Waals surface area contributed by atoms with Crippen LogP contribution in [0.3, 0.4) is 0 Å². The van der Waals surface area contributed by atoms with Gasteiger partial charge in [-0.25, -0.2) is 4.79 Å². The molecule has 1 N–H and O–H groups in total. The molecule has 5 heteroatoms. The van der Waals surface area contributed by atoms with Crippen LogP contribution in [0.5, 0.6) is 5.75 Å². The van der Waals surface area contributed by atoms with Crippen LogP contribution in [0.1, 0.15) is 36.2 Å². The van der Waals surface area contributed by atoms with E-state index < -0.39 is 12.1 Å². The van der Waals surface area contributed by atoms with Crippen molar-refractivity contribution in [2.24, 2.45) is 0 Å². The van der Waals surface area contributed by atoms with Gasteiger partial charge in [-0.2, -0.15) is 0 Å². The number of carbonyl (C=O) groups is 2. The van der Waals surface area contributed by atoms with Crippen LogP contribution in [-0.2, 0) is 9.53 Å². The Bertz CT molecular complexity index is 707. The molecule has 0 aliphatic carbocycles. The van der Waals surface area contributed by atoms with E-state index in [0.29, 0.717) is 17.9 Å². The van der Waals surface area contributed by atoms with Gasteiger partial charge < -0.3 is 14.8 Å². The summed E-state index contributed by atoms with van der Waals surface area (Å²) in [6.45, 7) is 5.93. The van der Waals surface area contributed by atoms with Gasteiger partial charge in [0.05, 0.1) is 6.61 Å². The minimum absolute atomic E-state index is 0.203. The summed E-state index contributed by atoms with van der Waals surface area (Å²) >= 11 is 0. The Labute approximate surface area is 148 Å². The molecule has 1 amide bonds. The number of ether oxygens (including phenoxy) is 2. The average Bonchev–Trinajstić information content (AvgIpc) is 2.62. The third kappa shape index (κ3) is 5.64. The summed E-state index contributed by atoms with van der Waals surface area (Å²) in [6, 6.07) is 14.2. The van der Waals surface area contributed by atoms with Gasteiger partial charge in [-0.15, -0.1) is 0 Å². The molecule has 0 aromatic heterocycles.